The van der Waals surface area contributed by atoms with Gasteiger partial charge in [0.25, 0.3) is 0 Å². The molecule has 4 aromatic rings. The second-order valence-corrected chi connectivity index (χ2v) is 6.86. The number of rotatable bonds is 6. The molecular formula is C26H26N2. The first-order chi connectivity index (χ1) is 13.8. The molecule has 4 rings (SSSR count). The molecular weight excluding hydrogens is 340 g/mol. The summed E-state index contributed by atoms with van der Waals surface area (Å²) in [6.45, 7) is 6.43. The SMILES string of the molecule is CCN(CC)c1ccc(N(c2ccccc2)c2cccc3ccccc23)cc1. The highest BCUT2D eigenvalue weighted by molar-refractivity contribution is 5.98. The number of benzene rings is 4. The summed E-state index contributed by atoms with van der Waals surface area (Å²) in [7, 11) is 0. The summed E-state index contributed by atoms with van der Waals surface area (Å²) in [5.74, 6) is 0. The molecule has 0 N–H and O–H groups in total. The highest BCUT2D eigenvalue weighted by Crippen LogP contribution is 2.39. The Morgan fingerprint density at radius 2 is 1.11 bits per heavy atom. The zero-order valence-electron chi connectivity index (χ0n) is 16.5. The van der Waals surface area contributed by atoms with Gasteiger partial charge in [-0.05, 0) is 61.7 Å². The summed E-state index contributed by atoms with van der Waals surface area (Å²) in [6.07, 6.45) is 0. The van der Waals surface area contributed by atoms with E-state index in [9.17, 15) is 0 Å². The topological polar surface area (TPSA) is 6.48 Å². The fraction of sp³-hybridized carbons (Fsp3) is 0.154. The van der Waals surface area contributed by atoms with Crippen molar-refractivity contribution in [2.24, 2.45) is 0 Å². The van der Waals surface area contributed by atoms with Crippen molar-refractivity contribution in [3.63, 3.8) is 0 Å². The first-order valence-corrected chi connectivity index (χ1v) is 9.99. The summed E-state index contributed by atoms with van der Waals surface area (Å²) < 4.78 is 0. The largest absolute Gasteiger partial charge is 0.372 e. The van der Waals surface area contributed by atoms with E-state index in [0.717, 1.165) is 18.8 Å². The number of para-hydroxylation sites is 1. The third-order valence-corrected chi connectivity index (χ3v) is 5.26. The lowest BCUT2D eigenvalue weighted by atomic mass is 10.1. The Bertz CT molecular complexity index is 1030. The van der Waals surface area contributed by atoms with Gasteiger partial charge in [-0.15, -0.1) is 0 Å². The van der Waals surface area contributed by atoms with Gasteiger partial charge >= 0.3 is 0 Å². The lowest BCUT2D eigenvalue weighted by Gasteiger charge is -2.28. The van der Waals surface area contributed by atoms with Gasteiger partial charge < -0.3 is 9.80 Å². The Hall–Kier alpha value is -3.26. The summed E-state index contributed by atoms with van der Waals surface area (Å²) >= 11 is 0. The van der Waals surface area contributed by atoms with Crippen LogP contribution >= 0.6 is 0 Å². The zero-order chi connectivity index (χ0) is 19.3. The molecule has 0 saturated carbocycles. The van der Waals surface area contributed by atoms with Gasteiger partial charge in [-0.25, -0.2) is 0 Å². The molecule has 28 heavy (non-hydrogen) atoms. The molecule has 0 heterocycles. The molecule has 0 aliphatic heterocycles. The van der Waals surface area contributed by atoms with Gasteiger partial charge in [0, 0.05) is 35.5 Å². The minimum atomic E-state index is 1.02. The summed E-state index contributed by atoms with van der Waals surface area (Å²) in [5.41, 5.74) is 4.78. The van der Waals surface area contributed by atoms with E-state index in [2.05, 4.69) is 121 Å². The van der Waals surface area contributed by atoms with Crippen LogP contribution in [0, 0.1) is 0 Å². The normalized spacial score (nSPS) is 10.8. The van der Waals surface area contributed by atoms with Gasteiger partial charge in [0.15, 0.2) is 0 Å². The van der Waals surface area contributed by atoms with E-state index >= 15 is 0 Å². The van der Waals surface area contributed by atoms with Gasteiger partial charge in [0.05, 0.1) is 5.69 Å². The van der Waals surface area contributed by atoms with Crippen molar-refractivity contribution in [2.45, 2.75) is 13.8 Å². The number of hydrogen-bond donors (Lipinski definition) is 0. The van der Waals surface area contributed by atoms with Crippen LogP contribution in [0.5, 0.6) is 0 Å². The monoisotopic (exact) mass is 366 g/mol. The molecule has 4 aromatic carbocycles. The highest BCUT2D eigenvalue weighted by Gasteiger charge is 2.15. The van der Waals surface area contributed by atoms with Crippen LogP contribution < -0.4 is 9.80 Å². The molecule has 0 fully saturated rings. The molecule has 2 nitrogen and oxygen atoms in total. The maximum atomic E-state index is 2.37. The van der Waals surface area contributed by atoms with Crippen molar-refractivity contribution in [3.8, 4) is 0 Å². The Kier molecular flexibility index (Phi) is 5.29. The molecule has 140 valence electrons. The Morgan fingerprint density at radius 1 is 0.536 bits per heavy atom. The Balaban J connectivity index is 1.85. The van der Waals surface area contributed by atoms with Crippen LogP contribution in [0.4, 0.5) is 22.7 Å². The van der Waals surface area contributed by atoms with Crippen LogP contribution in [0.3, 0.4) is 0 Å². The minimum Gasteiger partial charge on any atom is -0.372 e. The summed E-state index contributed by atoms with van der Waals surface area (Å²) in [6, 6.07) is 34.6. The van der Waals surface area contributed by atoms with Gasteiger partial charge in [0.2, 0.25) is 0 Å². The van der Waals surface area contributed by atoms with E-state index < -0.39 is 0 Å². The first-order valence-electron chi connectivity index (χ1n) is 9.99. The fourth-order valence-corrected chi connectivity index (χ4v) is 3.81. The number of nitrogens with zero attached hydrogens (tertiary/aromatic N) is 2. The van der Waals surface area contributed by atoms with Gasteiger partial charge in [-0.3, -0.25) is 0 Å². The lowest BCUT2D eigenvalue weighted by molar-refractivity contribution is 0.866. The van der Waals surface area contributed by atoms with Crippen LogP contribution in [0.15, 0.2) is 97.1 Å². The summed E-state index contributed by atoms with van der Waals surface area (Å²) in [4.78, 5) is 4.71. The van der Waals surface area contributed by atoms with E-state index in [1.165, 1.54) is 27.8 Å². The molecule has 0 aromatic heterocycles. The molecule has 2 heteroatoms. The average molecular weight is 367 g/mol. The standard InChI is InChI=1S/C26H26N2/c1-3-27(4-2)22-17-19-24(20-18-22)28(23-13-6-5-7-14-23)26-16-10-12-21-11-8-9-15-25(21)26/h5-20H,3-4H2,1-2H3. The van der Waals surface area contributed by atoms with E-state index in [-0.39, 0.29) is 0 Å². The second kappa shape index (κ2) is 8.18. The maximum Gasteiger partial charge on any atom is 0.0540 e. The molecule has 0 unspecified atom stereocenters. The van der Waals surface area contributed by atoms with Crippen molar-refractivity contribution < 1.29 is 0 Å². The Morgan fingerprint density at radius 3 is 1.82 bits per heavy atom. The first kappa shape index (κ1) is 18.1. The van der Waals surface area contributed by atoms with Gasteiger partial charge in [-0.2, -0.15) is 0 Å². The van der Waals surface area contributed by atoms with Crippen molar-refractivity contribution in [1.82, 2.24) is 0 Å². The molecule has 0 amide bonds. The van der Waals surface area contributed by atoms with E-state index in [4.69, 9.17) is 0 Å². The van der Waals surface area contributed by atoms with Crippen molar-refractivity contribution in [3.05, 3.63) is 97.1 Å². The lowest BCUT2D eigenvalue weighted by Crippen LogP contribution is -2.21. The third-order valence-electron chi connectivity index (χ3n) is 5.26. The van der Waals surface area contributed by atoms with Crippen molar-refractivity contribution >= 4 is 33.5 Å². The van der Waals surface area contributed by atoms with Crippen LogP contribution in [0.2, 0.25) is 0 Å². The molecule has 0 bridgehead atoms. The van der Waals surface area contributed by atoms with Crippen LogP contribution in [-0.4, -0.2) is 13.1 Å². The van der Waals surface area contributed by atoms with Crippen molar-refractivity contribution in [2.75, 3.05) is 22.9 Å². The number of hydrogen-bond acceptors (Lipinski definition) is 2. The second-order valence-electron chi connectivity index (χ2n) is 6.86. The molecule has 0 spiro atoms. The average Bonchev–Trinajstić information content (AvgIpc) is 2.77. The predicted molar refractivity (Wildman–Crippen MR) is 122 cm³/mol. The molecule has 0 aliphatic rings. The third kappa shape index (κ3) is 3.46. The fourth-order valence-electron chi connectivity index (χ4n) is 3.81. The van der Waals surface area contributed by atoms with Crippen LogP contribution in [0.1, 0.15) is 13.8 Å². The molecule has 0 aliphatic carbocycles. The smallest absolute Gasteiger partial charge is 0.0540 e. The number of fused-ring (bicyclic) bond motifs is 1. The van der Waals surface area contributed by atoms with E-state index in [1.54, 1.807) is 0 Å². The van der Waals surface area contributed by atoms with Crippen LogP contribution in [-0.2, 0) is 0 Å². The molecule has 0 atom stereocenters. The minimum absolute atomic E-state index is 1.02. The predicted octanol–water partition coefficient (Wildman–Crippen LogP) is 7.16. The molecule has 0 saturated heterocycles. The Labute approximate surface area is 167 Å². The van der Waals surface area contributed by atoms with Gasteiger partial charge in [0.1, 0.15) is 0 Å². The van der Waals surface area contributed by atoms with Gasteiger partial charge in [-0.1, -0.05) is 54.6 Å². The van der Waals surface area contributed by atoms with Crippen molar-refractivity contribution in [1.29, 1.82) is 0 Å². The maximum absolute atomic E-state index is 2.37. The zero-order valence-corrected chi connectivity index (χ0v) is 16.5. The number of anilines is 4. The highest BCUT2D eigenvalue weighted by atomic mass is 15.1. The van der Waals surface area contributed by atoms with E-state index in [0.29, 0.717) is 0 Å². The summed E-state index contributed by atoms with van der Waals surface area (Å²) in [5, 5.41) is 2.50. The van der Waals surface area contributed by atoms with Crippen LogP contribution in [0.25, 0.3) is 10.8 Å². The molecule has 0 radical (unpaired) electrons. The quantitative estimate of drug-likeness (QED) is 0.357. The van der Waals surface area contributed by atoms with E-state index in [1.807, 2.05) is 0 Å².